The summed E-state index contributed by atoms with van der Waals surface area (Å²) in [5.74, 6) is 3.29. The Kier molecular flexibility index (Phi) is 5.46. The van der Waals surface area contributed by atoms with Crippen molar-refractivity contribution in [3.05, 3.63) is 48.0 Å². The van der Waals surface area contributed by atoms with E-state index in [0.29, 0.717) is 23.8 Å². The zero-order valence-electron chi connectivity index (χ0n) is 16.1. The minimum absolute atomic E-state index is 0.0847. The molecule has 0 N–H and O–H groups in total. The minimum Gasteiger partial charge on any atom is -0.493 e. The Morgan fingerprint density at radius 3 is 2.70 bits per heavy atom. The second kappa shape index (κ2) is 8.15. The molecular weight excluding hydrogens is 338 g/mol. The van der Waals surface area contributed by atoms with Crippen LogP contribution in [0, 0.1) is 5.92 Å². The SMILES string of the molecule is CCCOc1ccccc1C(=O)N1CCC(c2nccn2CC2CC2)CC1. The van der Waals surface area contributed by atoms with Crippen LogP contribution in [0.25, 0.3) is 0 Å². The van der Waals surface area contributed by atoms with Crippen molar-refractivity contribution >= 4 is 5.91 Å². The highest BCUT2D eigenvalue weighted by molar-refractivity contribution is 5.97. The quantitative estimate of drug-likeness (QED) is 0.740. The van der Waals surface area contributed by atoms with Gasteiger partial charge >= 0.3 is 0 Å². The van der Waals surface area contributed by atoms with E-state index in [2.05, 4.69) is 22.7 Å². The van der Waals surface area contributed by atoms with Crippen molar-refractivity contribution in [3.63, 3.8) is 0 Å². The number of rotatable bonds is 7. The molecule has 144 valence electrons. The van der Waals surface area contributed by atoms with Crippen molar-refractivity contribution < 1.29 is 9.53 Å². The van der Waals surface area contributed by atoms with Crippen LogP contribution in [0.15, 0.2) is 36.7 Å². The van der Waals surface area contributed by atoms with Gasteiger partial charge in [-0.25, -0.2) is 4.98 Å². The van der Waals surface area contributed by atoms with E-state index in [9.17, 15) is 4.79 Å². The average Bonchev–Trinajstić information content (AvgIpc) is 3.41. The first-order valence-electron chi connectivity index (χ1n) is 10.3. The number of likely N-dealkylation sites (tertiary alicyclic amines) is 1. The lowest BCUT2D eigenvalue weighted by Crippen LogP contribution is -2.38. The monoisotopic (exact) mass is 367 g/mol. The van der Waals surface area contributed by atoms with E-state index >= 15 is 0 Å². The molecule has 2 aliphatic rings. The highest BCUT2D eigenvalue weighted by atomic mass is 16.5. The maximum absolute atomic E-state index is 13.0. The van der Waals surface area contributed by atoms with E-state index in [-0.39, 0.29) is 5.91 Å². The molecule has 1 aromatic heterocycles. The lowest BCUT2D eigenvalue weighted by molar-refractivity contribution is 0.0706. The first kappa shape index (κ1) is 18.1. The molecule has 2 fully saturated rings. The van der Waals surface area contributed by atoms with Crippen LogP contribution in [0.3, 0.4) is 0 Å². The summed E-state index contributed by atoms with van der Waals surface area (Å²) >= 11 is 0. The maximum atomic E-state index is 13.0. The highest BCUT2D eigenvalue weighted by Gasteiger charge is 2.29. The summed E-state index contributed by atoms with van der Waals surface area (Å²) in [5, 5.41) is 0. The number of piperidine rings is 1. The van der Waals surface area contributed by atoms with Crippen LogP contribution in [-0.4, -0.2) is 40.1 Å². The zero-order chi connectivity index (χ0) is 18.6. The Balaban J connectivity index is 1.39. The molecule has 1 aliphatic carbocycles. The van der Waals surface area contributed by atoms with E-state index in [0.717, 1.165) is 44.8 Å². The molecule has 5 nitrogen and oxygen atoms in total. The van der Waals surface area contributed by atoms with Crippen molar-refractivity contribution in [1.29, 1.82) is 0 Å². The molecule has 4 rings (SSSR count). The molecule has 1 saturated heterocycles. The van der Waals surface area contributed by atoms with Gasteiger partial charge in [0.1, 0.15) is 11.6 Å². The Bertz CT molecular complexity index is 773. The Morgan fingerprint density at radius 2 is 1.96 bits per heavy atom. The second-order valence-electron chi connectivity index (χ2n) is 7.79. The molecule has 0 radical (unpaired) electrons. The fourth-order valence-corrected chi connectivity index (χ4v) is 3.91. The van der Waals surface area contributed by atoms with Crippen molar-refractivity contribution in [2.75, 3.05) is 19.7 Å². The van der Waals surface area contributed by atoms with Crippen molar-refractivity contribution in [1.82, 2.24) is 14.5 Å². The fourth-order valence-electron chi connectivity index (χ4n) is 3.91. The van der Waals surface area contributed by atoms with Gasteiger partial charge in [0, 0.05) is 37.9 Å². The standard InChI is InChI=1S/C22H29N3O2/c1-2-15-27-20-6-4-3-5-19(20)22(26)24-12-9-18(10-13-24)21-23-11-14-25(21)16-17-7-8-17/h3-6,11,14,17-18H,2,7-10,12-13,15-16H2,1H3. The van der Waals surface area contributed by atoms with E-state index < -0.39 is 0 Å². The highest BCUT2D eigenvalue weighted by Crippen LogP contribution is 2.34. The Labute approximate surface area is 161 Å². The minimum atomic E-state index is 0.0847. The molecule has 5 heteroatoms. The smallest absolute Gasteiger partial charge is 0.257 e. The number of aromatic nitrogens is 2. The number of carbonyl (C=O) groups excluding carboxylic acids is 1. The van der Waals surface area contributed by atoms with Crippen LogP contribution >= 0.6 is 0 Å². The van der Waals surface area contributed by atoms with Gasteiger partial charge in [0.25, 0.3) is 5.91 Å². The summed E-state index contributed by atoms with van der Waals surface area (Å²) in [7, 11) is 0. The molecular formula is C22H29N3O2. The fraction of sp³-hybridized carbons (Fsp3) is 0.545. The third-order valence-corrected chi connectivity index (χ3v) is 5.63. The van der Waals surface area contributed by atoms with Gasteiger partial charge < -0.3 is 14.2 Å². The van der Waals surface area contributed by atoms with Gasteiger partial charge in [-0.1, -0.05) is 19.1 Å². The molecule has 1 aliphatic heterocycles. The summed E-state index contributed by atoms with van der Waals surface area (Å²) in [5.41, 5.74) is 0.680. The molecule has 0 bridgehead atoms. The number of para-hydroxylation sites is 1. The number of ether oxygens (including phenoxy) is 1. The van der Waals surface area contributed by atoms with Crippen LogP contribution < -0.4 is 4.74 Å². The van der Waals surface area contributed by atoms with Gasteiger partial charge in [0.05, 0.1) is 12.2 Å². The average molecular weight is 367 g/mol. The number of hydrogen-bond acceptors (Lipinski definition) is 3. The van der Waals surface area contributed by atoms with Gasteiger partial charge in [0.2, 0.25) is 0 Å². The lowest BCUT2D eigenvalue weighted by Gasteiger charge is -2.32. The Morgan fingerprint density at radius 1 is 1.19 bits per heavy atom. The van der Waals surface area contributed by atoms with Gasteiger partial charge in [-0.3, -0.25) is 4.79 Å². The number of imidazole rings is 1. The summed E-state index contributed by atoms with van der Waals surface area (Å²) in [4.78, 5) is 19.6. The lowest BCUT2D eigenvalue weighted by atomic mass is 9.95. The third kappa shape index (κ3) is 4.18. The van der Waals surface area contributed by atoms with Crippen LogP contribution in [-0.2, 0) is 6.54 Å². The van der Waals surface area contributed by atoms with E-state index in [1.807, 2.05) is 35.4 Å². The van der Waals surface area contributed by atoms with Crippen LogP contribution in [0.4, 0.5) is 0 Å². The molecule has 1 aromatic carbocycles. The van der Waals surface area contributed by atoms with Gasteiger partial charge in [-0.05, 0) is 50.2 Å². The predicted molar refractivity (Wildman–Crippen MR) is 105 cm³/mol. The molecule has 1 saturated carbocycles. The molecule has 0 atom stereocenters. The number of nitrogens with zero attached hydrogens (tertiary/aromatic N) is 3. The number of carbonyl (C=O) groups is 1. The molecule has 2 heterocycles. The molecule has 2 aromatic rings. The summed E-state index contributed by atoms with van der Waals surface area (Å²) < 4.78 is 8.12. The molecule has 1 amide bonds. The number of benzene rings is 1. The van der Waals surface area contributed by atoms with Gasteiger partial charge in [0.15, 0.2) is 0 Å². The third-order valence-electron chi connectivity index (χ3n) is 5.63. The zero-order valence-corrected chi connectivity index (χ0v) is 16.1. The normalized spacial score (nSPS) is 17.9. The number of amides is 1. The summed E-state index contributed by atoms with van der Waals surface area (Å²) in [6.07, 6.45) is 9.63. The van der Waals surface area contributed by atoms with Crippen LogP contribution in [0.2, 0.25) is 0 Å². The first-order valence-corrected chi connectivity index (χ1v) is 10.3. The van der Waals surface area contributed by atoms with Crippen molar-refractivity contribution in [3.8, 4) is 5.75 Å². The molecule has 0 unspecified atom stereocenters. The Hall–Kier alpha value is -2.30. The van der Waals surface area contributed by atoms with Gasteiger partial charge in [-0.15, -0.1) is 0 Å². The molecule has 0 spiro atoms. The van der Waals surface area contributed by atoms with E-state index in [1.54, 1.807) is 0 Å². The van der Waals surface area contributed by atoms with Crippen molar-refractivity contribution in [2.24, 2.45) is 5.92 Å². The summed E-state index contributed by atoms with van der Waals surface area (Å²) in [6, 6.07) is 7.60. The maximum Gasteiger partial charge on any atom is 0.257 e. The largest absolute Gasteiger partial charge is 0.493 e. The first-order chi connectivity index (χ1) is 13.3. The topological polar surface area (TPSA) is 47.4 Å². The van der Waals surface area contributed by atoms with Gasteiger partial charge in [-0.2, -0.15) is 0 Å². The number of hydrogen-bond donors (Lipinski definition) is 0. The van der Waals surface area contributed by atoms with Crippen LogP contribution in [0.5, 0.6) is 5.75 Å². The van der Waals surface area contributed by atoms with Crippen LogP contribution in [0.1, 0.15) is 61.1 Å². The predicted octanol–water partition coefficient (Wildman–Crippen LogP) is 4.10. The second-order valence-corrected chi connectivity index (χ2v) is 7.79. The van der Waals surface area contributed by atoms with E-state index in [4.69, 9.17) is 4.74 Å². The van der Waals surface area contributed by atoms with E-state index in [1.165, 1.54) is 18.7 Å². The summed E-state index contributed by atoms with van der Waals surface area (Å²) in [6.45, 7) is 5.37. The molecule has 27 heavy (non-hydrogen) atoms. The van der Waals surface area contributed by atoms with Crippen molar-refractivity contribution in [2.45, 2.75) is 51.5 Å².